The summed E-state index contributed by atoms with van der Waals surface area (Å²) in [5.74, 6) is 0.274. The van der Waals surface area contributed by atoms with Gasteiger partial charge in [-0.3, -0.25) is 4.79 Å². The molecule has 5 aromatic rings. The number of hydrogen-bond acceptors (Lipinski definition) is 4. The van der Waals surface area contributed by atoms with Gasteiger partial charge >= 0.3 is 0 Å². The first-order chi connectivity index (χ1) is 23.2. The number of phenolic OH excluding ortho intramolecular Hbond substituents is 2. The minimum absolute atomic E-state index is 0.101. The standard InChI is InChI=1S/C42H51N3O3/c1-6-20-44(23-19-29(3)7-2)21-12-22-45-31(5)30(4)37-26-33(17-18-38(37)45)24-32-13-11-16-35(25-32)42(48)43-36-27-39(46)41(40(47)28-36)34-14-9-8-10-15-34/h8-11,13-18,25-29,46-47H,6-7,12,19-24H2,1-5H3,(H,43,48). The average molecular weight is 646 g/mol. The smallest absolute Gasteiger partial charge is 0.255 e. The maximum Gasteiger partial charge on any atom is 0.255 e. The van der Waals surface area contributed by atoms with Gasteiger partial charge in [0.25, 0.3) is 5.91 Å². The molecule has 1 unspecified atom stereocenters. The van der Waals surface area contributed by atoms with Crippen LogP contribution in [-0.2, 0) is 13.0 Å². The van der Waals surface area contributed by atoms with Crippen LogP contribution in [0.3, 0.4) is 0 Å². The van der Waals surface area contributed by atoms with E-state index in [4.69, 9.17) is 0 Å². The second-order valence-corrected chi connectivity index (χ2v) is 13.3. The van der Waals surface area contributed by atoms with Crippen LogP contribution in [0.5, 0.6) is 11.5 Å². The third kappa shape index (κ3) is 8.29. The number of nitrogens with zero attached hydrogens (tertiary/aromatic N) is 2. The summed E-state index contributed by atoms with van der Waals surface area (Å²) in [4.78, 5) is 15.9. The van der Waals surface area contributed by atoms with Crippen molar-refractivity contribution in [3.8, 4) is 22.6 Å². The van der Waals surface area contributed by atoms with Crippen LogP contribution in [0.2, 0.25) is 0 Å². The van der Waals surface area contributed by atoms with Gasteiger partial charge in [-0.25, -0.2) is 0 Å². The number of phenols is 2. The molecule has 252 valence electrons. The first kappa shape index (κ1) is 34.8. The second kappa shape index (κ2) is 16.0. The molecule has 0 aliphatic heterocycles. The lowest BCUT2D eigenvalue weighted by Gasteiger charge is -2.23. The fourth-order valence-electron chi connectivity index (χ4n) is 6.65. The number of carbonyl (C=O) groups excluding carboxylic acids is 1. The molecule has 4 aromatic carbocycles. The fourth-order valence-corrected chi connectivity index (χ4v) is 6.65. The molecule has 0 aliphatic carbocycles. The minimum atomic E-state index is -0.306. The predicted octanol–water partition coefficient (Wildman–Crippen LogP) is 9.72. The number of nitrogens with one attached hydrogen (secondary N) is 1. The van der Waals surface area contributed by atoms with E-state index in [-0.39, 0.29) is 17.4 Å². The summed E-state index contributed by atoms with van der Waals surface area (Å²) < 4.78 is 2.49. The Hall–Kier alpha value is -4.55. The maximum atomic E-state index is 13.2. The number of aryl methyl sites for hydroxylation is 2. The van der Waals surface area contributed by atoms with Crippen molar-refractivity contribution in [3.05, 3.63) is 113 Å². The number of aromatic hydroxyl groups is 2. The number of amides is 1. The maximum absolute atomic E-state index is 13.2. The zero-order chi connectivity index (χ0) is 34.2. The Kier molecular flexibility index (Phi) is 11.6. The third-order valence-electron chi connectivity index (χ3n) is 9.75. The molecule has 1 amide bonds. The summed E-state index contributed by atoms with van der Waals surface area (Å²) in [6, 6.07) is 26.5. The van der Waals surface area contributed by atoms with E-state index in [1.54, 1.807) is 6.07 Å². The van der Waals surface area contributed by atoms with Gasteiger partial charge in [-0.2, -0.15) is 0 Å². The van der Waals surface area contributed by atoms with Crippen LogP contribution in [-0.4, -0.2) is 45.2 Å². The number of carbonyl (C=O) groups is 1. The van der Waals surface area contributed by atoms with E-state index in [0.29, 0.717) is 28.8 Å². The van der Waals surface area contributed by atoms with E-state index in [1.807, 2.05) is 48.5 Å². The monoisotopic (exact) mass is 645 g/mol. The molecule has 3 N–H and O–H groups in total. The van der Waals surface area contributed by atoms with Gasteiger partial charge < -0.3 is 25.0 Å². The molecule has 0 radical (unpaired) electrons. The molecule has 6 nitrogen and oxygen atoms in total. The first-order valence-corrected chi connectivity index (χ1v) is 17.5. The number of hydrogen-bond donors (Lipinski definition) is 3. The molecule has 6 heteroatoms. The summed E-state index contributed by atoms with van der Waals surface area (Å²) in [5, 5.41) is 25.4. The summed E-state index contributed by atoms with van der Waals surface area (Å²) in [6.45, 7) is 15.9. The van der Waals surface area contributed by atoms with Crippen molar-refractivity contribution in [2.24, 2.45) is 5.92 Å². The summed E-state index contributed by atoms with van der Waals surface area (Å²) in [7, 11) is 0. The molecular weight excluding hydrogens is 594 g/mol. The largest absolute Gasteiger partial charge is 0.507 e. The Balaban J connectivity index is 1.25. The lowest BCUT2D eigenvalue weighted by molar-refractivity contribution is 0.102. The van der Waals surface area contributed by atoms with Crippen LogP contribution in [0.4, 0.5) is 5.69 Å². The van der Waals surface area contributed by atoms with Crippen LogP contribution < -0.4 is 5.32 Å². The Morgan fingerprint density at radius 1 is 0.854 bits per heavy atom. The van der Waals surface area contributed by atoms with E-state index >= 15 is 0 Å². The zero-order valence-electron chi connectivity index (χ0n) is 29.2. The second-order valence-electron chi connectivity index (χ2n) is 13.3. The molecule has 1 heterocycles. The third-order valence-corrected chi connectivity index (χ3v) is 9.75. The molecule has 5 rings (SSSR count). The van der Waals surface area contributed by atoms with Crippen molar-refractivity contribution in [3.63, 3.8) is 0 Å². The minimum Gasteiger partial charge on any atom is -0.507 e. The zero-order valence-corrected chi connectivity index (χ0v) is 29.2. The summed E-state index contributed by atoms with van der Waals surface area (Å²) in [6.07, 6.45) is 5.56. The lowest BCUT2D eigenvalue weighted by atomic mass is 10.0. The van der Waals surface area contributed by atoms with Gasteiger partial charge in [0.2, 0.25) is 0 Å². The van der Waals surface area contributed by atoms with E-state index in [2.05, 4.69) is 67.6 Å². The highest BCUT2D eigenvalue weighted by atomic mass is 16.3. The van der Waals surface area contributed by atoms with Gasteiger partial charge in [-0.1, -0.05) is 75.7 Å². The highest BCUT2D eigenvalue weighted by Gasteiger charge is 2.16. The molecule has 1 aromatic heterocycles. The van der Waals surface area contributed by atoms with Crippen molar-refractivity contribution < 1.29 is 15.0 Å². The van der Waals surface area contributed by atoms with Gasteiger partial charge in [0, 0.05) is 46.5 Å². The molecule has 0 saturated heterocycles. The van der Waals surface area contributed by atoms with Crippen molar-refractivity contribution >= 4 is 22.5 Å². The highest BCUT2D eigenvalue weighted by Crippen LogP contribution is 2.39. The van der Waals surface area contributed by atoms with E-state index in [0.717, 1.165) is 31.0 Å². The SMILES string of the molecule is CCCN(CCCn1c(C)c(C)c2cc(Cc3cccc(C(=O)Nc4cc(O)c(-c5ccccc5)c(O)c4)c3)ccc21)CCC(C)CC. The van der Waals surface area contributed by atoms with Crippen LogP contribution in [0.1, 0.15) is 79.2 Å². The van der Waals surface area contributed by atoms with E-state index < -0.39 is 0 Å². The fraction of sp³-hybridized carbons (Fsp3) is 0.357. The molecule has 48 heavy (non-hydrogen) atoms. The Morgan fingerprint density at radius 3 is 2.29 bits per heavy atom. The molecular formula is C42H51N3O3. The molecule has 1 atom stereocenters. The normalized spacial score (nSPS) is 12.1. The van der Waals surface area contributed by atoms with Gasteiger partial charge in [-0.15, -0.1) is 0 Å². The lowest BCUT2D eigenvalue weighted by Crippen LogP contribution is -2.28. The van der Waals surface area contributed by atoms with Gasteiger partial charge in [0.15, 0.2) is 0 Å². The van der Waals surface area contributed by atoms with E-state index in [9.17, 15) is 15.0 Å². The van der Waals surface area contributed by atoms with Crippen LogP contribution >= 0.6 is 0 Å². The predicted molar refractivity (Wildman–Crippen MR) is 199 cm³/mol. The van der Waals surface area contributed by atoms with Gasteiger partial charge in [0.1, 0.15) is 11.5 Å². The Bertz CT molecular complexity index is 1820. The van der Waals surface area contributed by atoms with Crippen molar-refractivity contribution in [1.29, 1.82) is 0 Å². The topological polar surface area (TPSA) is 77.7 Å². The summed E-state index contributed by atoms with van der Waals surface area (Å²) in [5.41, 5.74) is 8.04. The molecule has 0 saturated carbocycles. The number of benzene rings is 4. The van der Waals surface area contributed by atoms with Crippen LogP contribution in [0.15, 0.2) is 84.9 Å². The molecule has 0 fully saturated rings. The van der Waals surface area contributed by atoms with E-state index in [1.165, 1.54) is 72.2 Å². The number of rotatable bonds is 15. The highest BCUT2D eigenvalue weighted by molar-refractivity contribution is 6.05. The molecule has 0 bridgehead atoms. The number of fused-ring (bicyclic) bond motifs is 1. The van der Waals surface area contributed by atoms with Crippen molar-refractivity contribution in [2.75, 3.05) is 25.0 Å². The quantitative estimate of drug-likeness (QED) is 0.106. The van der Waals surface area contributed by atoms with Crippen LogP contribution in [0.25, 0.3) is 22.0 Å². The Morgan fingerprint density at radius 2 is 1.58 bits per heavy atom. The van der Waals surface area contributed by atoms with Crippen molar-refractivity contribution in [2.45, 2.75) is 73.3 Å². The number of anilines is 1. The first-order valence-electron chi connectivity index (χ1n) is 17.5. The Labute approximate surface area is 286 Å². The van der Waals surface area contributed by atoms with Crippen LogP contribution in [0, 0.1) is 19.8 Å². The van der Waals surface area contributed by atoms with Gasteiger partial charge in [0.05, 0.1) is 5.56 Å². The number of aromatic nitrogens is 1. The van der Waals surface area contributed by atoms with Gasteiger partial charge in [-0.05, 0) is 112 Å². The molecule has 0 spiro atoms. The van der Waals surface area contributed by atoms with Crippen molar-refractivity contribution in [1.82, 2.24) is 9.47 Å². The summed E-state index contributed by atoms with van der Waals surface area (Å²) >= 11 is 0. The average Bonchev–Trinajstić information content (AvgIpc) is 3.31. The molecule has 0 aliphatic rings.